The zero-order chi connectivity index (χ0) is 28.3. The van der Waals surface area contributed by atoms with Gasteiger partial charge in [0.1, 0.15) is 5.60 Å². The number of aromatic nitrogens is 2. The molecule has 1 aromatic carbocycles. The summed E-state index contributed by atoms with van der Waals surface area (Å²) < 4.78 is 47.0. The average molecular weight is 538 g/mol. The van der Waals surface area contributed by atoms with Gasteiger partial charge < -0.3 is 19.9 Å². The van der Waals surface area contributed by atoms with E-state index in [0.29, 0.717) is 18.8 Å². The highest BCUT2D eigenvalue weighted by molar-refractivity contribution is 5.95. The molecule has 0 radical (unpaired) electrons. The molecule has 3 rings (SSSR count). The molecule has 1 saturated heterocycles. The molecular formula is C26H34F3N5O4. The summed E-state index contributed by atoms with van der Waals surface area (Å²) in [7, 11) is 0. The van der Waals surface area contributed by atoms with Crippen LogP contribution in [0.25, 0.3) is 5.69 Å². The Morgan fingerprint density at radius 2 is 1.66 bits per heavy atom. The summed E-state index contributed by atoms with van der Waals surface area (Å²) in [6, 6.07) is 7.69. The summed E-state index contributed by atoms with van der Waals surface area (Å²) in [4.78, 5) is 41.2. The molecule has 1 aliphatic heterocycles. The first-order valence-electron chi connectivity index (χ1n) is 12.5. The summed E-state index contributed by atoms with van der Waals surface area (Å²) >= 11 is 0. The lowest BCUT2D eigenvalue weighted by atomic mass is 10.1. The van der Waals surface area contributed by atoms with Crippen molar-refractivity contribution in [3.63, 3.8) is 0 Å². The van der Waals surface area contributed by atoms with Gasteiger partial charge in [-0.15, -0.1) is 0 Å². The number of piperazine rings is 1. The van der Waals surface area contributed by atoms with Crippen molar-refractivity contribution in [2.75, 3.05) is 19.6 Å². The third-order valence-electron chi connectivity index (χ3n) is 5.96. The first-order chi connectivity index (χ1) is 17.7. The van der Waals surface area contributed by atoms with E-state index in [0.717, 1.165) is 10.9 Å². The molecule has 3 amide bonds. The Balaban J connectivity index is 1.55. The number of nitrogens with one attached hydrogen (secondary N) is 1. The van der Waals surface area contributed by atoms with Gasteiger partial charge in [0.15, 0.2) is 5.69 Å². The number of para-hydroxylation sites is 1. The lowest BCUT2D eigenvalue weighted by Crippen LogP contribution is -2.60. The van der Waals surface area contributed by atoms with Crippen LogP contribution in [0.3, 0.4) is 0 Å². The lowest BCUT2D eigenvalue weighted by Gasteiger charge is -2.44. The van der Waals surface area contributed by atoms with Gasteiger partial charge in [-0.2, -0.15) is 18.3 Å². The first-order valence-corrected chi connectivity index (χ1v) is 12.5. The number of hydrogen-bond acceptors (Lipinski definition) is 5. The SMILES string of the molecule is CC1CN(C(=O)OC(C)(C)C)CC(C)N1C(=O)CCCNC(=O)c1cn(-c2ccccc2)nc1C(F)(F)F. The molecule has 2 heterocycles. The smallest absolute Gasteiger partial charge is 0.435 e. The number of carbonyl (C=O) groups excluding carboxylic acids is 3. The van der Waals surface area contributed by atoms with Gasteiger partial charge in [-0.25, -0.2) is 9.48 Å². The van der Waals surface area contributed by atoms with E-state index in [1.807, 2.05) is 13.8 Å². The highest BCUT2D eigenvalue weighted by Crippen LogP contribution is 2.31. The highest BCUT2D eigenvalue weighted by Gasteiger charge is 2.39. The largest absolute Gasteiger partial charge is 0.444 e. The summed E-state index contributed by atoms with van der Waals surface area (Å²) in [6.07, 6.45) is -3.86. The molecule has 0 saturated carbocycles. The van der Waals surface area contributed by atoms with Crippen molar-refractivity contribution in [3.05, 3.63) is 47.8 Å². The van der Waals surface area contributed by atoms with Gasteiger partial charge in [-0.3, -0.25) is 9.59 Å². The van der Waals surface area contributed by atoms with Crippen LogP contribution in [-0.2, 0) is 15.7 Å². The third kappa shape index (κ3) is 7.26. The molecule has 9 nitrogen and oxygen atoms in total. The number of nitrogens with zero attached hydrogens (tertiary/aromatic N) is 4. The van der Waals surface area contributed by atoms with E-state index in [4.69, 9.17) is 4.74 Å². The molecule has 0 aliphatic carbocycles. The van der Waals surface area contributed by atoms with Crippen LogP contribution in [0.5, 0.6) is 0 Å². The number of halogens is 3. The summed E-state index contributed by atoms with van der Waals surface area (Å²) in [5.41, 5.74) is -2.10. The molecule has 0 bridgehead atoms. The normalized spacial score (nSPS) is 18.3. The predicted molar refractivity (Wildman–Crippen MR) is 134 cm³/mol. The third-order valence-corrected chi connectivity index (χ3v) is 5.96. The second kappa shape index (κ2) is 11.4. The zero-order valence-corrected chi connectivity index (χ0v) is 22.2. The van der Waals surface area contributed by atoms with Crippen LogP contribution in [0.1, 0.15) is 63.5 Å². The minimum Gasteiger partial charge on any atom is -0.444 e. The maximum absolute atomic E-state index is 13.5. The molecule has 38 heavy (non-hydrogen) atoms. The van der Waals surface area contributed by atoms with Gasteiger partial charge in [0, 0.05) is 44.3 Å². The molecule has 2 atom stereocenters. The molecule has 1 N–H and O–H groups in total. The minimum atomic E-state index is -4.81. The van der Waals surface area contributed by atoms with E-state index in [1.54, 1.807) is 60.9 Å². The second-order valence-electron chi connectivity index (χ2n) is 10.4. The van der Waals surface area contributed by atoms with Crippen molar-refractivity contribution in [1.29, 1.82) is 0 Å². The zero-order valence-electron chi connectivity index (χ0n) is 22.2. The number of alkyl halides is 3. The van der Waals surface area contributed by atoms with Crippen molar-refractivity contribution in [2.24, 2.45) is 0 Å². The van der Waals surface area contributed by atoms with E-state index in [-0.39, 0.29) is 37.4 Å². The van der Waals surface area contributed by atoms with Crippen molar-refractivity contribution in [3.8, 4) is 5.69 Å². The molecule has 2 unspecified atom stereocenters. The minimum absolute atomic E-state index is 0.0129. The Morgan fingerprint density at radius 3 is 2.21 bits per heavy atom. The van der Waals surface area contributed by atoms with Crippen molar-refractivity contribution >= 4 is 17.9 Å². The van der Waals surface area contributed by atoms with Crippen molar-refractivity contribution in [2.45, 2.75) is 71.3 Å². The van der Waals surface area contributed by atoms with E-state index in [2.05, 4.69) is 10.4 Å². The number of ether oxygens (including phenoxy) is 1. The number of rotatable bonds is 6. The molecule has 0 spiro atoms. The van der Waals surface area contributed by atoms with Crippen LogP contribution < -0.4 is 5.32 Å². The maximum atomic E-state index is 13.5. The Bertz CT molecular complexity index is 1130. The van der Waals surface area contributed by atoms with Gasteiger partial charge in [0.05, 0.1) is 11.3 Å². The fraction of sp³-hybridized carbons (Fsp3) is 0.538. The van der Waals surface area contributed by atoms with Crippen LogP contribution >= 0.6 is 0 Å². The van der Waals surface area contributed by atoms with Crippen molar-refractivity contribution < 1.29 is 32.3 Å². The fourth-order valence-corrected chi connectivity index (χ4v) is 4.42. The topological polar surface area (TPSA) is 96.8 Å². The number of benzene rings is 1. The van der Waals surface area contributed by atoms with Gasteiger partial charge >= 0.3 is 12.3 Å². The first kappa shape index (κ1) is 29.0. The predicted octanol–water partition coefficient (Wildman–Crippen LogP) is 4.26. The number of hydrogen-bond donors (Lipinski definition) is 1. The molecule has 1 fully saturated rings. The molecule has 208 valence electrons. The lowest BCUT2D eigenvalue weighted by molar-refractivity contribution is -0.141. The Morgan fingerprint density at radius 1 is 1.05 bits per heavy atom. The van der Waals surface area contributed by atoms with Gasteiger partial charge in [-0.05, 0) is 53.2 Å². The van der Waals surface area contributed by atoms with E-state index >= 15 is 0 Å². The summed E-state index contributed by atoms with van der Waals surface area (Å²) in [5.74, 6) is -1.07. The summed E-state index contributed by atoms with van der Waals surface area (Å²) in [6.45, 7) is 9.71. The van der Waals surface area contributed by atoms with Crippen LogP contribution in [0.15, 0.2) is 36.5 Å². The Kier molecular flexibility index (Phi) is 8.73. The average Bonchev–Trinajstić information content (AvgIpc) is 3.27. The van der Waals surface area contributed by atoms with E-state index < -0.39 is 35.0 Å². The number of carbonyl (C=O) groups is 3. The number of amides is 3. The molecule has 1 aliphatic rings. The van der Waals surface area contributed by atoms with E-state index in [1.165, 1.54) is 0 Å². The van der Waals surface area contributed by atoms with Crippen LogP contribution in [-0.4, -0.2) is 74.8 Å². The maximum Gasteiger partial charge on any atom is 0.435 e. The van der Waals surface area contributed by atoms with Gasteiger partial charge in [0.25, 0.3) is 5.91 Å². The Labute approximate surface area is 219 Å². The quantitative estimate of drug-likeness (QED) is 0.556. The highest BCUT2D eigenvalue weighted by atomic mass is 19.4. The van der Waals surface area contributed by atoms with Gasteiger partial charge in [0.2, 0.25) is 5.91 Å². The second-order valence-corrected chi connectivity index (χ2v) is 10.4. The molecular weight excluding hydrogens is 503 g/mol. The monoisotopic (exact) mass is 537 g/mol. The van der Waals surface area contributed by atoms with E-state index in [9.17, 15) is 27.6 Å². The van der Waals surface area contributed by atoms with Crippen LogP contribution in [0.4, 0.5) is 18.0 Å². The fourth-order valence-electron chi connectivity index (χ4n) is 4.42. The van der Waals surface area contributed by atoms with Crippen molar-refractivity contribution in [1.82, 2.24) is 24.9 Å². The summed E-state index contributed by atoms with van der Waals surface area (Å²) in [5, 5.41) is 6.05. The van der Waals surface area contributed by atoms with Crippen LogP contribution in [0.2, 0.25) is 0 Å². The molecule has 12 heteroatoms. The Hall–Kier alpha value is -3.57. The molecule has 2 aromatic rings. The van der Waals surface area contributed by atoms with Crippen LogP contribution in [0, 0.1) is 0 Å². The standard InChI is InChI=1S/C26H34F3N5O4/c1-17-14-32(24(37)38-25(3,4)5)15-18(2)34(17)21(35)12-9-13-30-23(36)20-16-33(19-10-7-6-8-11-19)31-22(20)26(27,28)29/h6-8,10-11,16-18H,9,12-15H2,1-5H3,(H,30,36). The van der Waals surface area contributed by atoms with Gasteiger partial charge in [-0.1, -0.05) is 18.2 Å². The molecule has 1 aromatic heterocycles.